The Bertz CT molecular complexity index is 269. The second-order valence-electron chi connectivity index (χ2n) is 6.04. The minimum absolute atomic E-state index is 0.362. The zero-order valence-corrected chi connectivity index (χ0v) is 11.8. The Morgan fingerprint density at radius 3 is 2.71 bits per heavy atom. The van der Waals surface area contributed by atoms with Gasteiger partial charge in [-0.15, -0.1) is 0 Å². The average molecular weight is 237 g/mol. The van der Waals surface area contributed by atoms with Crippen molar-refractivity contribution in [1.82, 2.24) is 10.2 Å². The zero-order chi connectivity index (χ0) is 12.9. The van der Waals surface area contributed by atoms with Gasteiger partial charge in [-0.1, -0.05) is 6.92 Å². The van der Waals surface area contributed by atoms with Crippen LogP contribution in [0.25, 0.3) is 0 Å². The lowest BCUT2D eigenvalue weighted by Gasteiger charge is -2.26. The van der Waals surface area contributed by atoms with Crippen molar-refractivity contribution in [2.75, 3.05) is 19.6 Å². The van der Waals surface area contributed by atoms with Crippen molar-refractivity contribution >= 4 is 0 Å². The fourth-order valence-corrected chi connectivity index (χ4v) is 2.68. The maximum atomic E-state index is 9.24. The van der Waals surface area contributed by atoms with Crippen LogP contribution in [0.3, 0.4) is 0 Å². The standard InChI is InChI=1S/C14H27N3/c1-12(2)16-14(4,11-15)7-5-8-17-9-6-13(3)10-17/h12-13,16H,5-10H2,1-4H3. The number of hydrogen-bond acceptors (Lipinski definition) is 3. The summed E-state index contributed by atoms with van der Waals surface area (Å²) in [6, 6.07) is 2.78. The number of nitriles is 1. The Morgan fingerprint density at radius 1 is 1.53 bits per heavy atom. The molecule has 0 radical (unpaired) electrons. The first-order chi connectivity index (χ1) is 7.95. The molecule has 1 aliphatic rings. The molecule has 0 bridgehead atoms. The third-order valence-corrected chi connectivity index (χ3v) is 3.51. The van der Waals surface area contributed by atoms with Crippen LogP contribution in [0.15, 0.2) is 0 Å². The van der Waals surface area contributed by atoms with Gasteiger partial charge in [-0.2, -0.15) is 5.26 Å². The van der Waals surface area contributed by atoms with Crippen LogP contribution in [-0.2, 0) is 0 Å². The van der Waals surface area contributed by atoms with Gasteiger partial charge < -0.3 is 4.90 Å². The van der Waals surface area contributed by atoms with Crippen molar-refractivity contribution < 1.29 is 0 Å². The van der Waals surface area contributed by atoms with E-state index in [4.69, 9.17) is 0 Å². The van der Waals surface area contributed by atoms with Crippen molar-refractivity contribution in [3.05, 3.63) is 0 Å². The second-order valence-corrected chi connectivity index (χ2v) is 6.04. The molecule has 2 atom stereocenters. The van der Waals surface area contributed by atoms with E-state index in [1.54, 1.807) is 0 Å². The van der Waals surface area contributed by atoms with Gasteiger partial charge in [0.2, 0.25) is 0 Å². The molecule has 0 aromatic carbocycles. The van der Waals surface area contributed by atoms with Crippen molar-refractivity contribution in [2.45, 2.75) is 58.5 Å². The van der Waals surface area contributed by atoms with Crippen molar-refractivity contribution in [1.29, 1.82) is 5.26 Å². The molecule has 1 N–H and O–H groups in total. The molecule has 0 saturated carbocycles. The van der Waals surface area contributed by atoms with Gasteiger partial charge in [-0.05, 0) is 59.0 Å². The third-order valence-electron chi connectivity index (χ3n) is 3.51. The number of likely N-dealkylation sites (tertiary alicyclic amines) is 1. The van der Waals surface area contributed by atoms with Gasteiger partial charge in [0, 0.05) is 12.6 Å². The van der Waals surface area contributed by atoms with Crippen molar-refractivity contribution in [3.8, 4) is 6.07 Å². The summed E-state index contributed by atoms with van der Waals surface area (Å²) in [5.74, 6) is 0.853. The molecule has 0 aromatic heterocycles. The molecule has 17 heavy (non-hydrogen) atoms. The Labute approximate surface area is 106 Å². The van der Waals surface area contributed by atoms with Crippen LogP contribution in [0, 0.1) is 17.2 Å². The summed E-state index contributed by atoms with van der Waals surface area (Å²) >= 11 is 0. The first-order valence-electron chi connectivity index (χ1n) is 6.86. The highest BCUT2D eigenvalue weighted by Gasteiger charge is 2.25. The minimum atomic E-state index is -0.362. The van der Waals surface area contributed by atoms with E-state index in [1.165, 1.54) is 19.5 Å². The van der Waals surface area contributed by atoms with Crippen LogP contribution in [-0.4, -0.2) is 36.1 Å². The van der Waals surface area contributed by atoms with Crippen LogP contribution in [0.5, 0.6) is 0 Å². The molecule has 1 fully saturated rings. The molecule has 0 aromatic rings. The summed E-state index contributed by atoms with van der Waals surface area (Å²) in [5, 5.41) is 12.6. The molecule has 1 saturated heterocycles. The van der Waals surface area contributed by atoms with Gasteiger partial charge in [0.25, 0.3) is 0 Å². The normalized spacial score (nSPS) is 24.8. The topological polar surface area (TPSA) is 39.1 Å². The molecule has 1 heterocycles. The summed E-state index contributed by atoms with van der Waals surface area (Å²) in [6.45, 7) is 12.1. The fourth-order valence-electron chi connectivity index (χ4n) is 2.68. The summed E-state index contributed by atoms with van der Waals surface area (Å²) in [5.41, 5.74) is -0.362. The number of hydrogen-bond donors (Lipinski definition) is 1. The highest BCUT2D eigenvalue weighted by molar-refractivity contribution is 5.04. The van der Waals surface area contributed by atoms with Gasteiger partial charge in [0.15, 0.2) is 0 Å². The smallest absolute Gasteiger partial charge is 0.104 e. The summed E-state index contributed by atoms with van der Waals surface area (Å²) in [4.78, 5) is 2.53. The van der Waals surface area contributed by atoms with E-state index in [1.807, 2.05) is 6.92 Å². The number of nitrogens with zero attached hydrogens (tertiary/aromatic N) is 2. The van der Waals surface area contributed by atoms with Crippen LogP contribution < -0.4 is 5.32 Å². The monoisotopic (exact) mass is 237 g/mol. The van der Waals surface area contributed by atoms with Crippen LogP contribution in [0.4, 0.5) is 0 Å². The summed E-state index contributed by atoms with van der Waals surface area (Å²) in [7, 11) is 0. The molecule has 3 nitrogen and oxygen atoms in total. The van der Waals surface area contributed by atoms with Gasteiger partial charge in [-0.3, -0.25) is 5.32 Å². The molecular weight excluding hydrogens is 210 g/mol. The predicted octanol–water partition coefficient (Wildman–Crippen LogP) is 2.39. The van der Waals surface area contributed by atoms with Crippen LogP contribution in [0.2, 0.25) is 0 Å². The van der Waals surface area contributed by atoms with Crippen LogP contribution >= 0.6 is 0 Å². The Balaban J connectivity index is 2.26. The van der Waals surface area contributed by atoms with Gasteiger partial charge in [-0.25, -0.2) is 0 Å². The maximum Gasteiger partial charge on any atom is 0.104 e. The van der Waals surface area contributed by atoms with E-state index in [2.05, 4.69) is 37.1 Å². The van der Waals surface area contributed by atoms with Gasteiger partial charge in [0.1, 0.15) is 5.54 Å². The Morgan fingerprint density at radius 2 is 2.24 bits per heavy atom. The van der Waals surface area contributed by atoms with Gasteiger partial charge in [0.05, 0.1) is 6.07 Å². The quantitative estimate of drug-likeness (QED) is 0.771. The van der Waals surface area contributed by atoms with E-state index in [0.717, 1.165) is 25.3 Å². The van der Waals surface area contributed by atoms with Crippen LogP contribution in [0.1, 0.15) is 47.0 Å². The largest absolute Gasteiger partial charge is 0.303 e. The highest BCUT2D eigenvalue weighted by atomic mass is 15.1. The van der Waals surface area contributed by atoms with Gasteiger partial charge >= 0.3 is 0 Å². The number of nitrogens with one attached hydrogen (secondary N) is 1. The molecule has 0 spiro atoms. The predicted molar refractivity (Wildman–Crippen MR) is 71.7 cm³/mol. The van der Waals surface area contributed by atoms with E-state index >= 15 is 0 Å². The molecule has 1 rings (SSSR count). The van der Waals surface area contributed by atoms with E-state index in [0.29, 0.717) is 6.04 Å². The Hall–Kier alpha value is -0.590. The molecule has 0 amide bonds. The lowest BCUT2D eigenvalue weighted by molar-refractivity contribution is 0.294. The van der Waals surface area contributed by atoms with E-state index < -0.39 is 0 Å². The Kier molecular flexibility index (Phi) is 5.42. The first-order valence-corrected chi connectivity index (χ1v) is 6.86. The molecule has 1 aliphatic heterocycles. The molecule has 2 unspecified atom stereocenters. The average Bonchev–Trinajstić information content (AvgIpc) is 2.63. The second kappa shape index (κ2) is 6.37. The van der Waals surface area contributed by atoms with Crippen molar-refractivity contribution in [2.24, 2.45) is 5.92 Å². The lowest BCUT2D eigenvalue weighted by Crippen LogP contribution is -2.45. The molecule has 98 valence electrons. The zero-order valence-electron chi connectivity index (χ0n) is 11.8. The summed E-state index contributed by atoms with van der Waals surface area (Å²) < 4.78 is 0. The van der Waals surface area contributed by atoms with Crippen molar-refractivity contribution in [3.63, 3.8) is 0 Å². The first kappa shape index (κ1) is 14.5. The molecule has 3 heteroatoms. The van der Waals surface area contributed by atoms with E-state index in [-0.39, 0.29) is 5.54 Å². The summed E-state index contributed by atoms with van der Waals surface area (Å²) in [6.07, 6.45) is 3.38. The number of rotatable bonds is 6. The lowest BCUT2D eigenvalue weighted by atomic mass is 9.96. The molecule has 0 aliphatic carbocycles. The fraction of sp³-hybridized carbons (Fsp3) is 0.929. The molecular formula is C14H27N3. The maximum absolute atomic E-state index is 9.24. The SMILES string of the molecule is CC1CCN(CCCC(C)(C#N)NC(C)C)C1. The highest BCUT2D eigenvalue weighted by Crippen LogP contribution is 2.18. The van der Waals surface area contributed by atoms with E-state index in [9.17, 15) is 5.26 Å². The minimum Gasteiger partial charge on any atom is -0.303 e. The third kappa shape index (κ3) is 5.06.